The van der Waals surface area contributed by atoms with Crippen molar-refractivity contribution in [2.45, 2.75) is 44.1 Å². The third-order valence-electron chi connectivity index (χ3n) is 3.00. The fourth-order valence-corrected chi connectivity index (χ4v) is 2.58. The van der Waals surface area contributed by atoms with Crippen LogP contribution in [0.4, 0.5) is 0 Å². The highest BCUT2D eigenvalue weighted by Gasteiger charge is 2.33. The Balaban J connectivity index is 2.51. The quantitative estimate of drug-likeness (QED) is 0.806. The van der Waals surface area contributed by atoms with Gasteiger partial charge < -0.3 is 5.32 Å². The molecule has 1 aliphatic rings. The molecule has 0 unspecified atom stereocenters. The minimum Gasteiger partial charge on any atom is -0.338 e. The standard InChI is InChI=1S/C11H18N2O3S/c1-17(15,16)8-5-10(14)13-11(9-12)6-3-2-4-7-11/h2-8H2,1H3,(H,13,14). The van der Waals surface area contributed by atoms with Gasteiger partial charge in [0.2, 0.25) is 5.91 Å². The van der Waals surface area contributed by atoms with E-state index in [1.54, 1.807) is 0 Å². The molecule has 17 heavy (non-hydrogen) atoms. The zero-order chi connectivity index (χ0) is 12.9. The first-order valence-corrected chi connectivity index (χ1v) is 7.83. The second-order valence-electron chi connectivity index (χ2n) is 4.68. The molecule has 1 rings (SSSR count). The van der Waals surface area contributed by atoms with Crippen LogP contribution < -0.4 is 5.32 Å². The molecule has 96 valence electrons. The fraction of sp³-hybridized carbons (Fsp3) is 0.818. The van der Waals surface area contributed by atoms with Gasteiger partial charge in [0.1, 0.15) is 15.4 Å². The number of hydrogen-bond acceptors (Lipinski definition) is 4. The van der Waals surface area contributed by atoms with Gasteiger partial charge in [-0.3, -0.25) is 4.79 Å². The number of carbonyl (C=O) groups excluding carboxylic acids is 1. The van der Waals surface area contributed by atoms with Crippen LogP contribution in [0.25, 0.3) is 0 Å². The first kappa shape index (κ1) is 14.0. The lowest BCUT2D eigenvalue weighted by Gasteiger charge is -2.31. The summed E-state index contributed by atoms with van der Waals surface area (Å²) in [5.41, 5.74) is -0.771. The van der Waals surface area contributed by atoms with Crippen molar-refractivity contribution in [2.75, 3.05) is 12.0 Å². The highest BCUT2D eigenvalue weighted by atomic mass is 32.2. The van der Waals surface area contributed by atoms with Gasteiger partial charge in [-0.05, 0) is 12.8 Å². The predicted molar refractivity (Wildman–Crippen MR) is 63.9 cm³/mol. The van der Waals surface area contributed by atoms with Crippen molar-refractivity contribution in [1.82, 2.24) is 5.32 Å². The zero-order valence-electron chi connectivity index (χ0n) is 10.0. The summed E-state index contributed by atoms with van der Waals surface area (Å²) >= 11 is 0. The number of carbonyl (C=O) groups is 1. The molecule has 1 aliphatic carbocycles. The molecule has 0 bridgehead atoms. The van der Waals surface area contributed by atoms with Crippen LogP contribution in [0.2, 0.25) is 0 Å². The van der Waals surface area contributed by atoms with E-state index in [1.165, 1.54) is 0 Å². The molecule has 0 aromatic rings. The van der Waals surface area contributed by atoms with E-state index in [2.05, 4.69) is 11.4 Å². The summed E-state index contributed by atoms with van der Waals surface area (Å²) in [4.78, 5) is 11.6. The van der Waals surface area contributed by atoms with Crippen molar-refractivity contribution < 1.29 is 13.2 Å². The van der Waals surface area contributed by atoms with E-state index >= 15 is 0 Å². The highest BCUT2D eigenvalue weighted by Crippen LogP contribution is 2.27. The van der Waals surface area contributed by atoms with Gasteiger partial charge in [-0.2, -0.15) is 5.26 Å². The molecule has 1 N–H and O–H groups in total. The Bertz CT molecular complexity index is 416. The minimum absolute atomic E-state index is 0.0672. The van der Waals surface area contributed by atoms with Crippen molar-refractivity contribution in [1.29, 1.82) is 5.26 Å². The Hall–Kier alpha value is -1.09. The molecular weight excluding hydrogens is 240 g/mol. The number of nitrogens with one attached hydrogen (secondary N) is 1. The number of nitrogens with zero attached hydrogens (tertiary/aromatic N) is 1. The van der Waals surface area contributed by atoms with E-state index < -0.39 is 15.4 Å². The molecule has 0 atom stereocenters. The number of nitriles is 1. The molecular formula is C11H18N2O3S. The average Bonchev–Trinajstić information content (AvgIpc) is 2.27. The summed E-state index contributed by atoms with van der Waals surface area (Å²) in [6.45, 7) is 0. The molecule has 0 saturated heterocycles. The third kappa shape index (κ3) is 4.73. The van der Waals surface area contributed by atoms with Gasteiger partial charge in [0, 0.05) is 12.7 Å². The summed E-state index contributed by atoms with van der Waals surface area (Å²) in [6, 6.07) is 2.16. The molecule has 0 aliphatic heterocycles. The Morgan fingerprint density at radius 1 is 1.35 bits per heavy atom. The highest BCUT2D eigenvalue weighted by molar-refractivity contribution is 7.90. The molecule has 1 amide bonds. The van der Waals surface area contributed by atoms with Crippen molar-refractivity contribution in [3.8, 4) is 6.07 Å². The SMILES string of the molecule is CS(=O)(=O)CCC(=O)NC1(C#N)CCCCC1. The van der Waals surface area contributed by atoms with Gasteiger partial charge in [0.15, 0.2) is 0 Å². The molecule has 1 fully saturated rings. The molecule has 0 radical (unpaired) electrons. The maximum atomic E-state index is 11.6. The van der Waals surface area contributed by atoms with Crippen LogP contribution in [0.1, 0.15) is 38.5 Å². The van der Waals surface area contributed by atoms with Gasteiger partial charge in [0.25, 0.3) is 0 Å². The normalized spacial score (nSPS) is 19.3. The van der Waals surface area contributed by atoms with Crippen LogP contribution in [0.5, 0.6) is 0 Å². The molecule has 0 spiro atoms. The Morgan fingerprint density at radius 3 is 2.41 bits per heavy atom. The van der Waals surface area contributed by atoms with E-state index in [4.69, 9.17) is 5.26 Å². The largest absolute Gasteiger partial charge is 0.338 e. The monoisotopic (exact) mass is 258 g/mol. The number of rotatable bonds is 4. The van der Waals surface area contributed by atoms with E-state index in [1.807, 2.05) is 0 Å². The van der Waals surface area contributed by atoms with Crippen molar-refractivity contribution in [3.05, 3.63) is 0 Å². The van der Waals surface area contributed by atoms with Gasteiger partial charge >= 0.3 is 0 Å². The second kappa shape index (κ2) is 5.50. The first-order chi connectivity index (χ1) is 7.87. The van der Waals surface area contributed by atoms with Gasteiger partial charge in [-0.1, -0.05) is 19.3 Å². The van der Waals surface area contributed by atoms with Crippen molar-refractivity contribution in [2.24, 2.45) is 0 Å². The number of sulfone groups is 1. The smallest absolute Gasteiger partial charge is 0.222 e. The van der Waals surface area contributed by atoms with Crippen molar-refractivity contribution in [3.63, 3.8) is 0 Å². The number of hydrogen-bond donors (Lipinski definition) is 1. The zero-order valence-corrected chi connectivity index (χ0v) is 10.8. The minimum atomic E-state index is -3.13. The van der Waals surface area contributed by atoms with E-state index in [0.717, 1.165) is 25.5 Å². The second-order valence-corrected chi connectivity index (χ2v) is 6.94. The molecule has 1 saturated carbocycles. The lowest BCUT2D eigenvalue weighted by molar-refractivity contribution is -0.122. The predicted octanol–water partition coefficient (Wildman–Crippen LogP) is 0.764. The van der Waals surface area contributed by atoms with Gasteiger partial charge in [-0.25, -0.2) is 8.42 Å². The summed E-state index contributed by atoms with van der Waals surface area (Å²) in [5.74, 6) is -0.515. The van der Waals surface area contributed by atoms with Gasteiger partial charge in [-0.15, -0.1) is 0 Å². The molecule has 0 aromatic heterocycles. The van der Waals surface area contributed by atoms with E-state index in [9.17, 15) is 13.2 Å². The maximum Gasteiger partial charge on any atom is 0.222 e. The van der Waals surface area contributed by atoms with Gasteiger partial charge in [0.05, 0.1) is 11.8 Å². The molecule has 5 nitrogen and oxygen atoms in total. The average molecular weight is 258 g/mol. The van der Waals surface area contributed by atoms with E-state index in [0.29, 0.717) is 12.8 Å². The van der Waals surface area contributed by atoms with Crippen LogP contribution >= 0.6 is 0 Å². The van der Waals surface area contributed by atoms with Crippen molar-refractivity contribution >= 4 is 15.7 Å². The Labute approximate surface area is 102 Å². The summed E-state index contributed by atoms with van der Waals surface area (Å²) in [5, 5.41) is 11.8. The van der Waals surface area contributed by atoms with Crippen LogP contribution in [0.15, 0.2) is 0 Å². The van der Waals surface area contributed by atoms with Crippen LogP contribution in [-0.2, 0) is 14.6 Å². The van der Waals surface area contributed by atoms with Crippen LogP contribution in [-0.4, -0.2) is 31.9 Å². The summed E-state index contributed by atoms with van der Waals surface area (Å²) in [6.07, 6.45) is 5.30. The molecule has 0 heterocycles. The molecule has 6 heteroatoms. The van der Waals surface area contributed by atoms with Crippen LogP contribution in [0, 0.1) is 11.3 Å². The third-order valence-corrected chi connectivity index (χ3v) is 3.95. The Morgan fingerprint density at radius 2 is 1.94 bits per heavy atom. The topological polar surface area (TPSA) is 87.0 Å². The lowest BCUT2D eigenvalue weighted by atomic mass is 9.83. The summed E-state index contributed by atoms with van der Waals surface area (Å²) < 4.78 is 21.9. The Kier molecular flexibility index (Phi) is 4.52. The summed E-state index contributed by atoms with van der Waals surface area (Å²) in [7, 11) is -3.13. The maximum absolute atomic E-state index is 11.6. The van der Waals surface area contributed by atoms with Crippen LogP contribution in [0.3, 0.4) is 0 Å². The number of amides is 1. The first-order valence-electron chi connectivity index (χ1n) is 5.77. The lowest BCUT2D eigenvalue weighted by Crippen LogP contribution is -2.48. The fourth-order valence-electron chi connectivity index (χ4n) is 2.03. The van der Waals surface area contributed by atoms with E-state index in [-0.39, 0.29) is 18.1 Å². The molecule has 0 aromatic carbocycles.